The Balaban J connectivity index is 1.81. The number of aromatic nitrogens is 1. The van der Waals surface area contributed by atoms with Crippen molar-refractivity contribution in [3.63, 3.8) is 0 Å². The molecule has 6 heteroatoms. The van der Waals surface area contributed by atoms with Gasteiger partial charge in [0.25, 0.3) is 0 Å². The van der Waals surface area contributed by atoms with Crippen molar-refractivity contribution in [1.82, 2.24) is 9.88 Å². The fourth-order valence-electron chi connectivity index (χ4n) is 5.61. The zero-order valence-electron chi connectivity index (χ0n) is 20.1. The van der Waals surface area contributed by atoms with Crippen molar-refractivity contribution in [3.8, 4) is 17.0 Å². The highest BCUT2D eigenvalue weighted by Gasteiger charge is 2.30. The second-order valence-electron chi connectivity index (χ2n) is 9.40. The van der Waals surface area contributed by atoms with E-state index in [1.807, 2.05) is 36.4 Å². The number of carbonyl (C=O) groups is 2. The maximum absolute atomic E-state index is 13.2. The summed E-state index contributed by atoms with van der Waals surface area (Å²) < 4.78 is 7.71. The lowest BCUT2D eigenvalue weighted by Gasteiger charge is -2.24. The molecule has 2 amide bonds. The second-order valence-corrected chi connectivity index (χ2v) is 9.40. The number of hydrogen-bond acceptors (Lipinski definition) is 3. The maximum Gasteiger partial charge on any atom is 0.249 e. The summed E-state index contributed by atoms with van der Waals surface area (Å²) in [6, 6.07) is 11.8. The molecule has 6 nitrogen and oxygen atoms in total. The summed E-state index contributed by atoms with van der Waals surface area (Å²) in [5, 5.41) is 4.05. The molecule has 1 saturated carbocycles. The summed E-state index contributed by atoms with van der Waals surface area (Å²) in [7, 11) is 1.65. The maximum atomic E-state index is 13.2. The van der Waals surface area contributed by atoms with Gasteiger partial charge in [-0.15, -0.1) is 6.58 Å². The lowest BCUT2D eigenvalue weighted by molar-refractivity contribution is -0.117. The number of fused-ring (bicyclic) bond motifs is 5. The van der Waals surface area contributed by atoms with Crippen LogP contribution >= 0.6 is 0 Å². The number of carbonyl (C=O) groups excluding carboxylic acids is 2. The highest BCUT2D eigenvalue weighted by molar-refractivity contribution is 6.04. The SMILES string of the molecule is C=CCNC(=O)C1=Cc2cc(OC)ccc2-c2c(C3CCCCC3)c3ccc(C(N)=O)cc3n2C1. The summed E-state index contributed by atoms with van der Waals surface area (Å²) in [5.74, 6) is 0.567. The largest absolute Gasteiger partial charge is 0.497 e. The molecule has 2 heterocycles. The third kappa shape index (κ3) is 4.14. The molecular weight excluding hydrogens is 438 g/mol. The molecule has 180 valence electrons. The first-order chi connectivity index (χ1) is 17.0. The van der Waals surface area contributed by atoms with Crippen LogP contribution in [0, 0.1) is 0 Å². The number of amides is 2. The van der Waals surface area contributed by atoms with E-state index in [1.165, 1.54) is 24.8 Å². The van der Waals surface area contributed by atoms with Crippen molar-refractivity contribution in [2.45, 2.75) is 44.6 Å². The van der Waals surface area contributed by atoms with Gasteiger partial charge in [0, 0.05) is 34.1 Å². The highest BCUT2D eigenvalue weighted by Crippen LogP contribution is 2.47. The van der Waals surface area contributed by atoms with E-state index in [4.69, 9.17) is 10.5 Å². The van der Waals surface area contributed by atoms with Crippen LogP contribution in [0.15, 0.2) is 54.6 Å². The Morgan fingerprint density at radius 2 is 1.97 bits per heavy atom. The molecule has 3 N–H and O–H groups in total. The van der Waals surface area contributed by atoms with Crippen molar-refractivity contribution in [2.24, 2.45) is 5.73 Å². The van der Waals surface area contributed by atoms with E-state index < -0.39 is 5.91 Å². The molecule has 0 spiro atoms. The first-order valence-electron chi connectivity index (χ1n) is 12.3. The monoisotopic (exact) mass is 469 g/mol. The first-order valence-corrected chi connectivity index (χ1v) is 12.3. The summed E-state index contributed by atoms with van der Waals surface area (Å²) in [5.41, 5.74) is 12.1. The number of hydrogen-bond donors (Lipinski definition) is 2. The van der Waals surface area contributed by atoms with Crippen LogP contribution in [-0.2, 0) is 11.3 Å². The third-order valence-electron chi connectivity index (χ3n) is 7.27. The van der Waals surface area contributed by atoms with Crippen LogP contribution in [0.1, 0.15) is 59.5 Å². The molecule has 1 fully saturated rings. The average molecular weight is 470 g/mol. The van der Waals surface area contributed by atoms with Gasteiger partial charge in [0.05, 0.1) is 19.3 Å². The standard InChI is InChI=1S/C29H31N3O3/c1-3-13-31-29(34)21-14-20-15-22(35-2)10-12-23(20)27-26(18-7-5-4-6-8-18)24-11-9-19(28(30)33)16-25(24)32(27)17-21/h3,9-12,14-16,18H,1,4-8,13,17H2,2H3,(H2,30,33)(H,31,34). The molecule has 5 rings (SSSR count). The highest BCUT2D eigenvalue weighted by atomic mass is 16.5. The van der Waals surface area contributed by atoms with Crippen molar-refractivity contribution < 1.29 is 14.3 Å². The van der Waals surface area contributed by atoms with Crippen molar-refractivity contribution in [1.29, 1.82) is 0 Å². The molecule has 0 radical (unpaired) electrons. The minimum absolute atomic E-state index is 0.140. The fraction of sp³-hybridized carbons (Fsp3) is 0.310. The molecule has 1 aliphatic heterocycles. The van der Waals surface area contributed by atoms with Gasteiger partial charge in [0.2, 0.25) is 11.8 Å². The van der Waals surface area contributed by atoms with Crippen LogP contribution < -0.4 is 15.8 Å². The molecule has 1 aliphatic carbocycles. The minimum atomic E-state index is -0.458. The van der Waals surface area contributed by atoms with E-state index in [2.05, 4.69) is 22.5 Å². The topological polar surface area (TPSA) is 86.3 Å². The number of methoxy groups -OCH3 is 1. The summed E-state index contributed by atoms with van der Waals surface area (Å²) in [4.78, 5) is 25.2. The summed E-state index contributed by atoms with van der Waals surface area (Å²) in [6.45, 7) is 4.49. The molecule has 0 atom stereocenters. The van der Waals surface area contributed by atoms with Crippen molar-refractivity contribution in [2.75, 3.05) is 13.7 Å². The fourth-order valence-corrected chi connectivity index (χ4v) is 5.61. The van der Waals surface area contributed by atoms with Gasteiger partial charge in [-0.1, -0.05) is 31.4 Å². The number of ether oxygens (including phenoxy) is 1. The smallest absolute Gasteiger partial charge is 0.249 e. The quantitative estimate of drug-likeness (QED) is 0.489. The van der Waals surface area contributed by atoms with Crippen LogP contribution in [0.4, 0.5) is 0 Å². The van der Waals surface area contributed by atoms with Gasteiger partial charge in [-0.25, -0.2) is 0 Å². The van der Waals surface area contributed by atoms with Crippen molar-refractivity contribution in [3.05, 3.63) is 71.3 Å². The van der Waals surface area contributed by atoms with Gasteiger partial charge in [0.1, 0.15) is 5.75 Å². The molecule has 35 heavy (non-hydrogen) atoms. The lowest BCUT2D eigenvalue weighted by Crippen LogP contribution is -2.26. The second kappa shape index (κ2) is 9.45. The van der Waals surface area contributed by atoms with Gasteiger partial charge in [0.15, 0.2) is 0 Å². The number of primary amides is 1. The molecule has 2 aromatic carbocycles. The van der Waals surface area contributed by atoms with Crippen LogP contribution in [-0.4, -0.2) is 30.0 Å². The Kier molecular flexibility index (Phi) is 6.20. The predicted octanol–water partition coefficient (Wildman–Crippen LogP) is 5.16. The van der Waals surface area contributed by atoms with Crippen LogP contribution in [0.2, 0.25) is 0 Å². The predicted molar refractivity (Wildman–Crippen MR) is 139 cm³/mol. The normalized spacial score (nSPS) is 15.5. The van der Waals surface area contributed by atoms with E-state index in [0.29, 0.717) is 30.1 Å². The van der Waals surface area contributed by atoms with E-state index >= 15 is 0 Å². The molecule has 3 aromatic rings. The third-order valence-corrected chi connectivity index (χ3v) is 7.27. The van der Waals surface area contributed by atoms with Gasteiger partial charge < -0.3 is 20.4 Å². The zero-order valence-corrected chi connectivity index (χ0v) is 20.1. The molecule has 0 bridgehead atoms. The first kappa shape index (κ1) is 23.0. The van der Waals surface area contributed by atoms with Crippen LogP contribution in [0.5, 0.6) is 5.75 Å². The molecule has 1 aromatic heterocycles. The van der Waals surface area contributed by atoms with Gasteiger partial charge in [-0.2, -0.15) is 0 Å². The molecule has 2 aliphatic rings. The molecular formula is C29H31N3O3. The summed E-state index contributed by atoms with van der Waals surface area (Å²) >= 11 is 0. The number of nitrogens with one attached hydrogen (secondary N) is 1. The van der Waals surface area contributed by atoms with Gasteiger partial charge >= 0.3 is 0 Å². The Morgan fingerprint density at radius 1 is 1.17 bits per heavy atom. The Hall–Kier alpha value is -3.80. The lowest BCUT2D eigenvalue weighted by atomic mass is 9.81. The number of benzene rings is 2. The van der Waals surface area contributed by atoms with Gasteiger partial charge in [-0.3, -0.25) is 9.59 Å². The Labute approximate surface area is 205 Å². The average Bonchev–Trinajstić information content (AvgIpc) is 3.09. The minimum Gasteiger partial charge on any atom is -0.497 e. The summed E-state index contributed by atoms with van der Waals surface area (Å²) in [6.07, 6.45) is 9.57. The number of nitrogens with zero attached hydrogens (tertiary/aromatic N) is 1. The Morgan fingerprint density at radius 3 is 2.69 bits per heavy atom. The Bertz CT molecular complexity index is 1360. The van der Waals surface area contributed by atoms with E-state index in [1.54, 1.807) is 13.2 Å². The number of rotatable bonds is 6. The van der Waals surface area contributed by atoms with Gasteiger partial charge in [-0.05, 0) is 66.3 Å². The molecule has 0 saturated heterocycles. The zero-order chi connectivity index (χ0) is 24.5. The van der Waals surface area contributed by atoms with Crippen LogP contribution in [0.3, 0.4) is 0 Å². The molecule has 0 unspecified atom stereocenters. The van der Waals surface area contributed by atoms with E-state index in [-0.39, 0.29) is 5.91 Å². The van der Waals surface area contributed by atoms with Crippen LogP contribution in [0.25, 0.3) is 28.2 Å². The van der Waals surface area contributed by atoms with E-state index in [9.17, 15) is 9.59 Å². The number of nitrogens with two attached hydrogens (primary N) is 1. The van der Waals surface area contributed by atoms with Crippen molar-refractivity contribution >= 4 is 28.8 Å². The van der Waals surface area contributed by atoms with E-state index in [0.717, 1.165) is 46.3 Å².